The van der Waals surface area contributed by atoms with Crippen molar-refractivity contribution in [1.82, 2.24) is 5.32 Å². The van der Waals surface area contributed by atoms with Crippen LogP contribution in [0.5, 0.6) is 0 Å². The van der Waals surface area contributed by atoms with Gasteiger partial charge in [-0.2, -0.15) is 0 Å². The number of fused-ring (bicyclic) bond motifs is 1. The van der Waals surface area contributed by atoms with E-state index in [0.29, 0.717) is 22.0 Å². The molecule has 0 fully saturated rings. The van der Waals surface area contributed by atoms with Gasteiger partial charge in [0.05, 0.1) is 17.9 Å². The highest BCUT2D eigenvalue weighted by molar-refractivity contribution is 6.30. The number of carbonyl (C=O) groups excluding carboxylic acids is 3. The van der Waals surface area contributed by atoms with Gasteiger partial charge < -0.3 is 20.3 Å². The summed E-state index contributed by atoms with van der Waals surface area (Å²) in [6, 6.07) is 12.4. The Hall–Kier alpha value is -3.06. The van der Waals surface area contributed by atoms with Crippen molar-refractivity contribution in [3.8, 4) is 0 Å². The summed E-state index contributed by atoms with van der Waals surface area (Å²) < 4.78 is 5.25. The Labute approximate surface area is 174 Å². The summed E-state index contributed by atoms with van der Waals surface area (Å²) in [5, 5.41) is 5.83. The molecule has 2 N–H and O–H groups in total. The van der Waals surface area contributed by atoms with E-state index in [9.17, 15) is 14.4 Å². The van der Waals surface area contributed by atoms with E-state index in [4.69, 9.17) is 16.3 Å². The number of benzene rings is 2. The molecule has 0 radical (unpaired) electrons. The maximum atomic E-state index is 13.2. The van der Waals surface area contributed by atoms with E-state index in [0.717, 1.165) is 0 Å². The van der Waals surface area contributed by atoms with Crippen molar-refractivity contribution in [3.63, 3.8) is 0 Å². The number of ether oxygens (including phenoxy) is 1. The Morgan fingerprint density at radius 1 is 1.14 bits per heavy atom. The van der Waals surface area contributed by atoms with Gasteiger partial charge in [0, 0.05) is 10.6 Å². The fourth-order valence-electron chi connectivity index (χ4n) is 2.90. The van der Waals surface area contributed by atoms with Crippen LogP contribution in [0, 0.1) is 0 Å². The maximum Gasteiger partial charge on any atom is 0.408 e. The van der Waals surface area contributed by atoms with Crippen molar-refractivity contribution in [2.75, 3.05) is 16.8 Å². The zero-order valence-electron chi connectivity index (χ0n) is 16.4. The molecule has 0 aromatic heterocycles. The molecule has 0 bridgehead atoms. The van der Waals surface area contributed by atoms with Crippen molar-refractivity contribution in [2.45, 2.75) is 32.4 Å². The number of hydrogen-bond acceptors (Lipinski definition) is 4. The number of anilines is 2. The summed E-state index contributed by atoms with van der Waals surface area (Å²) >= 11 is 5.92. The van der Waals surface area contributed by atoms with Crippen LogP contribution >= 0.6 is 11.6 Å². The molecule has 29 heavy (non-hydrogen) atoms. The minimum Gasteiger partial charge on any atom is -0.444 e. The van der Waals surface area contributed by atoms with Gasteiger partial charge in [-0.15, -0.1) is 0 Å². The molecule has 1 atom stereocenters. The molecular formula is C21H22ClN3O4. The number of rotatable bonds is 2. The number of para-hydroxylation sites is 2. The lowest BCUT2D eigenvalue weighted by Crippen LogP contribution is -2.51. The smallest absolute Gasteiger partial charge is 0.408 e. The van der Waals surface area contributed by atoms with Crippen molar-refractivity contribution in [1.29, 1.82) is 0 Å². The van der Waals surface area contributed by atoms with Crippen LogP contribution in [0.25, 0.3) is 0 Å². The highest BCUT2D eigenvalue weighted by Crippen LogP contribution is 2.30. The predicted octanol–water partition coefficient (Wildman–Crippen LogP) is 3.83. The lowest BCUT2D eigenvalue weighted by Gasteiger charge is -2.26. The van der Waals surface area contributed by atoms with Crippen LogP contribution in [0.4, 0.5) is 16.2 Å². The van der Waals surface area contributed by atoms with Crippen LogP contribution in [0.3, 0.4) is 0 Å². The molecule has 152 valence electrons. The summed E-state index contributed by atoms with van der Waals surface area (Å²) in [5.41, 5.74) is 0.713. The van der Waals surface area contributed by atoms with Crippen LogP contribution in [0.1, 0.15) is 31.1 Å². The van der Waals surface area contributed by atoms with E-state index in [1.165, 1.54) is 4.90 Å². The first-order valence-corrected chi connectivity index (χ1v) is 9.49. The Morgan fingerprint density at radius 3 is 2.45 bits per heavy atom. The molecule has 7 nitrogen and oxygen atoms in total. The third-order valence-electron chi connectivity index (χ3n) is 4.16. The van der Waals surface area contributed by atoms with Crippen molar-refractivity contribution >= 4 is 40.9 Å². The zero-order chi connectivity index (χ0) is 21.2. The topological polar surface area (TPSA) is 87.7 Å². The van der Waals surface area contributed by atoms with Gasteiger partial charge in [0.2, 0.25) is 5.91 Å². The quantitative estimate of drug-likeness (QED) is 0.780. The summed E-state index contributed by atoms with van der Waals surface area (Å²) in [6.45, 7) is 5.13. The molecule has 8 heteroatoms. The number of carbonyl (C=O) groups is 3. The lowest BCUT2D eigenvalue weighted by molar-refractivity contribution is -0.117. The van der Waals surface area contributed by atoms with E-state index in [1.54, 1.807) is 69.3 Å². The fraction of sp³-hybridized carbons (Fsp3) is 0.286. The van der Waals surface area contributed by atoms with Gasteiger partial charge in [0.25, 0.3) is 5.91 Å². The lowest BCUT2D eigenvalue weighted by atomic mass is 10.1. The molecule has 1 aliphatic heterocycles. The highest BCUT2D eigenvalue weighted by Gasteiger charge is 2.33. The van der Waals surface area contributed by atoms with Crippen LogP contribution in [0.15, 0.2) is 48.5 Å². The molecule has 1 unspecified atom stereocenters. The van der Waals surface area contributed by atoms with E-state index >= 15 is 0 Å². The Morgan fingerprint density at radius 2 is 1.79 bits per heavy atom. The summed E-state index contributed by atoms with van der Waals surface area (Å²) in [7, 11) is 0. The molecule has 2 aromatic rings. The molecule has 1 heterocycles. The van der Waals surface area contributed by atoms with Gasteiger partial charge in [-0.1, -0.05) is 23.7 Å². The van der Waals surface area contributed by atoms with Gasteiger partial charge in [-0.05, 0) is 57.2 Å². The normalized spacial score (nSPS) is 16.3. The standard InChI is InChI=1S/C21H22ClN3O4/c1-21(2,3)29-20(28)24-16-12-25(19(27)13-8-10-14(22)11-9-13)17-7-5-4-6-15(17)23-18(16)26/h4-11,16H,12H2,1-3H3,(H,23,26)(H,24,28). The second-order valence-corrected chi connectivity index (χ2v) is 8.06. The van der Waals surface area contributed by atoms with Crippen LogP contribution in [0.2, 0.25) is 5.02 Å². The Balaban J connectivity index is 1.92. The average Bonchev–Trinajstić information content (AvgIpc) is 2.77. The average molecular weight is 416 g/mol. The third-order valence-corrected chi connectivity index (χ3v) is 4.41. The molecular weight excluding hydrogens is 394 g/mol. The van der Waals surface area contributed by atoms with Crippen molar-refractivity contribution in [2.24, 2.45) is 0 Å². The van der Waals surface area contributed by atoms with Gasteiger partial charge in [0.1, 0.15) is 11.6 Å². The minimum absolute atomic E-state index is 0.0520. The highest BCUT2D eigenvalue weighted by atomic mass is 35.5. The zero-order valence-corrected chi connectivity index (χ0v) is 17.1. The van der Waals surface area contributed by atoms with Crippen molar-refractivity contribution < 1.29 is 19.1 Å². The molecule has 3 amide bonds. The van der Waals surface area contributed by atoms with Gasteiger partial charge in [-0.3, -0.25) is 9.59 Å². The van der Waals surface area contributed by atoms with Gasteiger partial charge >= 0.3 is 6.09 Å². The number of nitrogens with zero attached hydrogens (tertiary/aromatic N) is 1. The summed E-state index contributed by atoms with van der Waals surface area (Å²) in [4.78, 5) is 39.6. The Kier molecular flexibility index (Phi) is 5.79. The first kappa shape index (κ1) is 20.7. The molecule has 3 rings (SSSR count). The summed E-state index contributed by atoms with van der Waals surface area (Å²) in [6.07, 6.45) is -0.734. The molecule has 0 spiro atoms. The van der Waals surface area contributed by atoms with E-state index < -0.39 is 23.6 Å². The first-order valence-electron chi connectivity index (χ1n) is 9.11. The maximum absolute atomic E-state index is 13.2. The van der Waals surface area contributed by atoms with E-state index in [2.05, 4.69) is 10.6 Å². The van der Waals surface area contributed by atoms with Gasteiger partial charge in [-0.25, -0.2) is 4.79 Å². The SMILES string of the molecule is CC(C)(C)OC(=O)NC1CN(C(=O)c2ccc(Cl)cc2)c2ccccc2NC1=O. The number of halogens is 1. The largest absolute Gasteiger partial charge is 0.444 e. The second kappa shape index (κ2) is 8.13. The Bertz CT molecular complexity index is 938. The van der Waals surface area contributed by atoms with Crippen LogP contribution < -0.4 is 15.5 Å². The minimum atomic E-state index is -0.992. The number of amides is 3. The number of alkyl carbamates (subject to hydrolysis) is 1. The van der Waals surface area contributed by atoms with E-state index in [1.807, 2.05) is 0 Å². The predicted molar refractivity (Wildman–Crippen MR) is 111 cm³/mol. The second-order valence-electron chi connectivity index (χ2n) is 7.63. The monoisotopic (exact) mass is 415 g/mol. The van der Waals surface area contributed by atoms with Gasteiger partial charge in [0.15, 0.2) is 0 Å². The van der Waals surface area contributed by atoms with E-state index in [-0.39, 0.29) is 12.5 Å². The van der Waals surface area contributed by atoms with Crippen LogP contribution in [-0.2, 0) is 9.53 Å². The molecule has 0 saturated heterocycles. The number of hydrogen-bond donors (Lipinski definition) is 2. The number of nitrogens with one attached hydrogen (secondary N) is 2. The van der Waals surface area contributed by atoms with Crippen LogP contribution in [-0.4, -0.2) is 36.1 Å². The molecule has 1 aliphatic rings. The molecule has 2 aromatic carbocycles. The fourth-order valence-corrected chi connectivity index (χ4v) is 3.03. The van der Waals surface area contributed by atoms with Crippen molar-refractivity contribution in [3.05, 3.63) is 59.1 Å². The third kappa shape index (κ3) is 5.06. The molecule has 0 saturated carbocycles. The first-order chi connectivity index (χ1) is 13.6. The molecule has 0 aliphatic carbocycles. The summed E-state index contributed by atoms with van der Waals surface area (Å²) in [5.74, 6) is -0.753.